The fourth-order valence-corrected chi connectivity index (χ4v) is 2.36. The zero-order valence-corrected chi connectivity index (χ0v) is 9.89. The van der Waals surface area contributed by atoms with E-state index in [1.165, 1.54) is 6.07 Å². The number of ether oxygens (including phenoxy) is 1. The van der Waals surface area contributed by atoms with Crippen LogP contribution in [-0.2, 0) is 9.05 Å². The Hall–Kier alpha value is -1.46. The minimum absolute atomic E-state index is 0.388. The average molecular weight is 283 g/mol. The monoisotopic (exact) mass is 282 g/mol. The summed E-state index contributed by atoms with van der Waals surface area (Å²) in [5.74, 6) is -0.443. The summed E-state index contributed by atoms with van der Waals surface area (Å²) in [7, 11) is 1.64. The Bertz CT molecular complexity index is 583. The van der Waals surface area contributed by atoms with E-state index < -0.39 is 31.8 Å². The van der Waals surface area contributed by atoms with Gasteiger partial charge in [-0.2, -0.15) is 5.26 Å². The molecule has 0 radical (unpaired) electrons. The Kier molecular flexibility index (Phi) is 3.85. The molecule has 0 bridgehead atoms. The van der Waals surface area contributed by atoms with Gasteiger partial charge >= 0.3 is 0 Å². The number of hydrogen-bond acceptors (Lipinski definition) is 5. The van der Waals surface area contributed by atoms with E-state index >= 15 is 0 Å². The Balaban J connectivity index is 3.72. The van der Waals surface area contributed by atoms with Crippen molar-refractivity contribution in [3.05, 3.63) is 17.5 Å². The first-order valence-corrected chi connectivity index (χ1v) is 6.34. The van der Waals surface area contributed by atoms with Gasteiger partial charge in [0, 0.05) is 16.7 Å². The molecule has 0 unspecified atom stereocenters. The number of nitriles is 1. The smallest absolute Gasteiger partial charge is 0.281 e. The molecule has 1 rings (SSSR count). The number of halogens is 3. The molecule has 9 heteroatoms. The van der Waals surface area contributed by atoms with Crippen LogP contribution in [0, 0.1) is 11.3 Å². The lowest BCUT2D eigenvalue weighted by molar-refractivity contribution is 0.141. The van der Waals surface area contributed by atoms with Crippen LogP contribution < -0.4 is 4.74 Å². The molecule has 0 saturated carbocycles. The van der Waals surface area contributed by atoms with E-state index in [1.807, 2.05) is 0 Å². The van der Waals surface area contributed by atoms with E-state index in [9.17, 15) is 17.2 Å². The second-order valence-corrected chi connectivity index (χ2v) is 5.28. The molecule has 1 heterocycles. The molecule has 0 fully saturated rings. The normalized spacial score (nSPS) is 11.3. The van der Waals surface area contributed by atoms with Crippen molar-refractivity contribution < 1.29 is 21.9 Å². The third-order valence-corrected chi connectivity index (χ3v) is 3.11. The highest BCUT2D eigenvalue weighted by atomic mass is 35.7. The summed E-state index contributed by atoms with van der Waals surface area (Å²) in [4.78, 5) is 2.29. The fourth-order valence-electron chi connectivity index (χ4n) is 1.13. The largest absolute Gasteiger partial charge is 0.495 e. The fraction of sp³-hybridized carbons (Fsp3) is 0.250. The molecule has 0 saturated heterocycles. The number of rotatable bonds is 3. The Labute approximate surface area is 100 Å². The Morgan fingerprint density at radius 1 is 1.59 bits per heavy atom. The number of alkyl halides is 2. The average Bonchev–Trinajstić information content (AvgIpc) is 2.25. The van der Waals surface area contributed by atoms with Crippen LogP contribution >= 0.6 is 10.7 Å². The maximum atomic E-state index is 12.6. The number of hydrogen-bond donors (Lipinski definition) is 0. The standard InChI is InChI=1S/C8H5ClF2N2O3S/c1-16-5-2-4(3-12)13-6(8(10)11)7(5)17(9,14)15/h2,8H,1H3. The zero-order valence-electron chi connectivity index (χ0n) is 8.32. The third-order valence-electron chi connectivity index (χ3n) is 1.75. The van der Waals surface area contributed by atoms with Crippen molar-refractivity contribution in [1.82, 2.24) is 4.98 Å². The Morgan fingerprint density at radius 2 is 2.18 bits per heavy atom. The summed E-state index contributed by atoms with van der Waals surface area (Å²) in [6, 6.07) is 2.43. The van der Waals surface area contributed by atoms with Gasteiger partial charge in [-0.25, -0.2) is 22.2 Å². The first-order valence-electron chi connectivity index (χ1n) is 4.03. The molecule has 0 amide bonds. The van der Waals surface area contributed by atoms with Crippen LogP contribution in [0.3, 0.4) is 0 Å². The minimum atomic E-state index is -4.45. The van der Waals surface area contributed by atoms with Gasteiger partial charge in [-0.15, -0.1) is 0 Å². The van der Waals surface area contributed by atoms with Gasteiger partial charge in [0.15, 0.2) is 4.90 Å². The van der Waals surface area contributed by atoms with Crippen LogP contribution in [0.1, 0.15) is 17.8 Å². The maximum absolute atomic E-state index is 12.6. The lowest BCUT2D eigenvalue weighted by atomic mass is 10.3. The summed E-state index contributed by atoms with van der Waals surface area (Å²) in [6.07, 6.45) is -3.19. The quantitative estimate of drug-likeness (QED) is 0.790. The molecule has 0 aliphatic heterocycles. The number of pyridine rings is 1. The molecule has 0 aliphatic rings. The van der Waals surface area contributed by atoms with Crippen LogP contribution in [0.5, 0.6) is 5.75 Å². The predicted octanol–water partition coefficient (Wildman–Crippen LogP) is 1.83. The van der Waals surface area contributed by atoms with Crippen LogP contribution in [0.2, 0.25) is 0 Å². The summed E-state index contributed by atoms with van der Waals surface area (Å²) in [6.45, 7) is 0. The number of aromatic nitrogens is 1. The summed E-state index contributed by atoms with van der Waals surface area (Å²) < 4.78 is 52.2. The van der Waals surface area contributed by atoms with Crippen LogP contribution in [-0.4, -0.2) is 20.5 Å². The maximum Gasteiger partial charge on any atom is 0.281 e. The van der Waals surface area contributed by atoms with E-state index in [-0.39, 0.29) is 5.69 Å². The first-order chi connectivity index (χ1) is 7.81. The molecular weight excluding hydrogens is 278 g/mol. The van der Waals surface area contributed by atoms with Crippen LogP contribution in [0.15, 0.2) is 11.0 Å². The van der Waals surface area contributed by atoms with Crippen LogP contribution in [0.4, 0.5) is 8.78 Å². The molecule has 1 aromatic rings. The topological polar surface area (TPSA) is 80.0 Å². The third kappa shape index (κ3) is 2.81. The molecule has 0 N–H and O–H groups in total. The van der Waals surface area contributed by atoms with Gasteiger partial charge in [0.2, 0.25) is 0 Å². The summed E-state index contributed by atoms with van der Waals surface area (Å²) >= 11 is 0. The molecule has 0 aromatic carbocycles. The van der Waals surface area contributed by atoms with Gasteiger partial charge in [-0.3, -0.25) is 0 Å². The van der Waals surface area contributed by atoms with Crippen molar-refractivity contribution in [3.8, 4) is 11.8 Å². The van der Waals surface area contributed by atoms with E-state index in [0.29, 0.717) is 0 Å². The highest BCUT2D eigenvalue weighted by molar-refractivity contribution is 8.13. The van der Waals surface area contributed by atoms with E-state index in [2.05, 4.69) is 9.72 Å². The molecule has 0 spiro atoms. The van der Waals surface area contributed by atoms with Crippen molar-refractivity contribution in [2.45, 2.75) is 11.3 Å². The van der Waals surface area contributed by atoms with E-state index in [1.54, 1.807) is 0 Å². The van der Waals surface area contributed by atoms with Gasteiger partial charge in [-0.1, -0.05) is 0 Å². The summed E-state index contributed by atoms with van der Waals surface area (Å²) in [5, 5.41) is 8.56. The lowest BCUT2D eigenvalue weighted by Gasteiger charge is -2.10. The molecule has 0 atom stereocenters. The second kappa shape index (κ2) is 4.81. The molecule has 5 nitrogen and oxygen atoms in total. The van der Waals surface area contributed by atoms with Gasteiger partial charge in [0.05, 0.1) is 7.11 Å². The highest BCUT2D eigenvalue weighted by Gasteiger charge is 2.29. The van der Waals surface area contributed by atoms with Crippen molar-refractivity contribution in [2.75, 3.05) is 7.11 Å². The van der Waals surface area contributed by atoms with Crippen molar-refractivity contribution in [3.63, 3.8) is 0 Å². The predicted molar refractivity (Wildman–Crippen MR) is 53.5 cm³/mol. The molecular formula is C8H5ClF2N2O3S. The lowest BCUT2D eigenvalue weighted by Crippen LogP contribution is -2.06. The minimum Gasteiger partial charge on any atom is -0.495 e. The van der Waals surface area contributed by atoms with E-state index in [0.717, 1.165) is 13.2 Å². The van der Waals surface area contributed by atoms with Crippen LogP contribution in [0.25, 0.3) is 0 Å². The first kappa shape index (κ1) is 13.6. The SMILES string of the molecule is COc1cc(C#N)nc(C(F)F)c1S(=O)(=O)Cl. The summed E-state index contributed by atoms with van der Waals surface area (Å²) in [5.41, 5.74) is -1.49. The van der Waals surface area contributed by atoms with Gasteiger partial charge in [0.1, 0.15) is 23.2 Å². The van der Waals surface area contributed by atoms with Crippen molar-refractivity contribution in [1.29, 1.82) is 5.26 Å². The molecule has 1 aromatic heterocycles. The van der Waals surface area contributed by atoms with Gasteiger partial charge in [0.25, 0.3) is 15.5 Å². The van der Waals surface area contributed by atoms with Crippen molar-refractivity contribution in [2.24, 2.45) is 0 Å². The molecule has 92 valence electrons. The van der Waals surface area contributed by atoms with Gasteiger partial charge in [-0.05, 0) is 0 Å². The molecule has 17 heavy (non-hydrogen) atoms. The molecule has 0 aliphatic carbocycles. The van der Waals surface area contributed by atoms with E-state index in [4.69, 9.17) is 15.9 Å². The number of methoxy groups -OCH3 is 1. The Morgan fingerprint density at radius 3 is 2.53 bits per heavy atom. The number of nitrogens with zero attached hydrogens (tertiary/aromatic N) is 2. The zero-order chi connectivity index (χ0) is 13.2. The highest BCUT2D eigenvalue weighted by Crippen LogP contribution is 2.34. The second-order valence-electron chi connectivity index (χ2n) is 2.77. The van der Waals surface area contributed by atoms with Crippen molar-refractivity contribution >= 4 is 19.7 Å². The van der Waals surface area contributed by atoms with Gasteiger partial charge < -0.3 is 4.74 Å².